The Hall–Kier alpha value is -0.620. The normalized spacial score (nSPS) is 14.6. The highest BCUT2D eigenvalue weighted by Gasteiger charge is 2.28. The van der Waals surface area contributed by atoms with Gasteiger partial charge < -0.3 is 5.11 Å². The van der Waals surface area contributed by atoms with Gasteiger partial charge in [0.15, 0.2) is 5.25 Å². The van der Waals surface area contributed by atoms with E-state index in [1.165, 1.54) is 6.92 Å². The molecule has 0 bridgehead atoms. The van der Waals surface area contributed by atoms with Crippen LogP contribution in [0.5, 0.6) is 0 Å². The molecule has 0 heterocycles. The smallest absolute Gasteiger partial charge is 0.324 e. The topological polar surface area (TPSA) is 91.7 Å². The molecule has 0 aliphatic heterocycles. The number of carboxylic acids is 1. The molecule has 0 aliphatic rings. The molecule has 1 atom stereocenters. The first-order valence-electron chi connectivity index (χ1n) is 2.58. The fourth-order valence-corrected chi connectivity index (χ4v) is 1.19. The summed E-state index contributed by atoms with van der Waals surface area (Å²) in [5.41, 5.74) is 0. The Kier molecular flexibility index (Phi) is 2.79. The van der Waals surface area contributed by atoms with Crippen molar-refractivity contribution in [1.82, 2.24) is 0 Å². The summed E-state index contributed by atoms with van der Waals surface area (Å²) in [6.07, 6.45) is -0.131. The summed E-state index contributed by atoms with van der Waals surface area (Å²) in [7, 11) is -4.41. The highest BCUT2D eigenvalue weighted by atomic mass is 32.2. The summed E-state index contributed by atoms with van der Waals surface area (Å²) in [5.74, 6) is -1.52. The predicted octanol–water partition coefficient (Wildman–Crippen LogP) is -0.263. The zero-order valence-corrected chi connectivity index (χ0v) is 6.13. The van der Waals surface area contributed by atoms with Gasteiger partial charge in [0.1, 0.15) is 0 Å². The Morgan fingerprint density at radius 1 is 1.60 bits per heavy atom. The van der Waals surface area contributed by atoms with Crippen LogP contribution in [0.3, 0.4) is 0 Å². The summed E-state index contributed by atoms with van der Waals surface area (Å²) in [6.45, 7) is 1.37. The lowest BCUT2D eigenvalue weighted by molar-refractivity contribution is -0.136. The van der Waals surface area contributed by atoms with E-state index in [2.05, 4.69) is 0 Å². The van der Waals surface area contributed by atoms with Crippen LogP contribution in [0.1, 0.15) is 13.3 Å². The van der Waals surface area contributed by atoms with E-state index in [-0.39, 0.29) is 6.42 Å². The average molecular weight is 168 g/mol. The van der Waals surface area contributed by atoms with Gasteiger partial charge in [0.2, 0.25) is 0 Å². The van der Waals surface area contributed by atoms with Gasteiger partial charge in [0, 0.05) is 0 Å². The monoisotopic (exact) mass is 168 g/mol. The van der Waals surface area contributed by atoms with Crippen LogP contribution >= 0.6 is 0 Å². The Morgan fingerprint density at radius 2 is 2.00 bits per heavy atom. The average Bonchev–Trinajstić information content (AvgIpc) is 1.60. The number of aliphatic carboxylic acids is 1. The first kappa shape index (κ1) is 9.38. The molecule has 60 valence electrons. The first-order valence-corrected chi connectivity index (χ1v) is 4.09. The van der Waals surface area contributed by atoms with Crippen molar-refractivity contribution in [3.8, 4) is 0 Å². The Balaban J connectivity index is 4.55. The number of hydrogen-bond acceptors (Lipinski definition) is 3. The van der Waals surface area contributed by atoms with E-state index >= 15 is 0 Å². The number of hydrogen-bond donors (Lipinski definition) is 2. The van der Waals surface area contributed by atoms with Crippen LogP contribution in [0.4, 0.5) is 0 Å². The molecule has 0 fully saturated rings. The molecule has 0 radical (unpaired) electrons. The summed E-state index contributed by atoms with van der Waals surface area (Å²) >= 11 is 0. The van der Waals surface area contributed by atoms with E-state index in [0.29, 0.717) is 0 Å². The zero-order chi connectivity index (χ0) is 8.36. The van der Waals surface area contributed by atoms with Crippen molar-refractivity contribution in [2.24, 2.45) is 0 Å². The van der Waals surface area contributed by atoms with Crippen molar-refractivity contribution in [1.29, 1.82) is 0 Å². The van der Waals surface area contributed by atoms with Gasteiger partial charge >= 0.3 is 5.97 Å². The van der Waals surface area contributed by atoms with E-state index in [1.807, 2.05) is 0 Å². The molecule has 0 saturated carbocycles. The summed E-state index contributed by atoms with van der Waals surface area (Å²) < 4.78 is 28.6. The molecular weight excluding hydrogens is 160 g/mol. The summed E-state index contributed by atoms with van der Waals surface area (Å²) in [6, 6.07) is 0. The Labute approximate surface area is 58.4 Å². The van der Waals surface area contributed by atoms with Crippen molar-refractivity contribution < 1.29 is 22.9 Å². The van der Waals surface area contributed by atoms with Gasteiger partial charge in [-0.05, 0) is 6.42 Å². The van der Waals surface area contributed by atoms with Gasteiger partial charge in [-0.15, -0.1) is 0 Å². The van der Waals surface area contributed by atoms with Crippen molar-refractivity contribution in [3.05, 3.63) is 0 Å². The maximum Gasteiger partial charge on any atom is 0.324 e. The van der Waals surface area contributed by atoms with E-state index in [1.54, 1.807) is 0 Å². The molecular formula is C4H8O5S. The SMILES string of the molecule is CCC(C(=O)O)S(=O)(=O)O. The van der Waals surface area contributed by atoms with E-state index < -0.39 is 21.3 Å². The molecule has 0 aromatic rings. The molecule has 0 aromatic heterocycles. The van der Waals surface area contributed by atoms with E-state index in [0.717, 1.165) is 0 Å². The zero-order valence-electron chi connectivity index (χ0n) is 5.31. The largest absolute Gasteiger partial charge is 0.480 e. The lowest BCUT2D eigenvalue weighted by Gasteiger charge is -2.03. The van der Waals surface area contributed by atoms with Crippen LogP contribution in [0.25, 0.3) is 0 Å². The molecule has 1 unspecified atom stereocenters. The maximum atomic E-state index is 10.2. The lowest BCUT2D eigenvalue weighted by atomic mass is 10.3. The fourth-order valence-electron chi connectivity index (χ4n) is 0.513. The third-order valence-electron chi connectivity index (χ3n) is 1.01. The molecule has 0 rings (SSSR count). The van der Waals surface area contributed by atoms with Crippen LogP contribution in [-0.4, -0.2) is 29.3 Å². The summed E-state index contributed by atoms with van der Waals surface area (Å²) in [4.78, 5) is 10.0. The van der Waals surface area contributed by atoms with Crippen LogP contribution in [-0.2, 0) is 14.9 Å². The van der Waals surface area contributed by atoms with Crippen LogP contribution in [0.15, 0.2) is 0 Å². The number of rotatable bonds is 3. The van der Waals surface area contributed by atoms with Crippen LogP contribution in [0, 0.1) is 0 Å². The molecule has 0 spiro atoms. The van der Waals surface area contributed by atoms with Crippen molar-refractivity contribution in [2.45, 2.75) is 18.6 Å². The van der Waals surface area contributed by atoms with Gasteiger partial charge in [-0.3, -0.25) is 9.35 Å². The van der Waals surface area contributed by atoms with Crippen molar-refractivity contribution >= 4 is 16.1 Å². The first-order chi connectivity index (χ1) is 4.39. The van der Waals surface area contributed by atoms with Gasteiger partial charge in [-0.25, -0.2) is 0 Å². The van der Waals surface area contributed by atoms with Crippen LogP contribution in [0.2, 0.25) is 0 Å². The molecule has 10 heavy (non-hydrogen) atoms. The molecule has 0 aliphatic carbocycles. The maximum absolute atomic E-state index is 10.2. The molecule has 0 aromatic carbocycles. The van der Waals surface area contributed by atoms with Gasteiger partial charge in [0.25, 0.3) is 10.1 Å². The van der Waals surface area contributed by atoms with Crippen LogP contribution < -0.4 is 0 Å². The standard InChI is InChI=1S/C4H8O5S/c1-2-3(4(5)6)10(7,8)9/h3H,2H2,1H3,(H,5,6)(H,7,8,9). The van der Waals surface area contributed by atoms with Crippen molar-refractivity contribution in [2.75, 3.05) is 0 Å². The second-order valence-electron chi connectivity index (χ2n) is 1.75. The second-order valence-corrected chi connectivity index (χ2v) is 3.35. The second kappa shape index (κ2) is 2.98. The van der Waals surface area contributed by atoms with E-state index in [9.17, 15) is 13.2 Å². The number of carbonyl (C=O) groups is 1. The Bertz CT molecular complexity index is 216. The predicted molar refractivity (Wildman–Crippen MR) is 33.3 cm³/mol. The third-order valence-corrected chi connectivity index (χ3v) is 2.26. The minimum absolute atomic E-state index is 0.131. The Morgan fingerprint density at radius 3 is 2.00 bits per heavy atom. The fraction of sp³-hybridized carbons (Fsp3) is 0.750. The quantitative estimate of drug-likeness (QED) is 0.566. The minimum atomic E-state index is -4.41. The highest BCUT2D eigenvalue weighted by Crippen LogP contribution is 2.02. The van der Waals surface area contributed by atoms with Gasteiger partial charge in [-0.2, -0.15) is 8.42 Å². The summed E-state index contributed by atoms with van der Waals surface area (Å²) in [5, 5.41) is 6.48. The molecule has 0 amide bonds. The van der Waals surface area contributed by atoms with E-state index in [4.69, 9.17) is 9.66 Å². The molecule has 0 saturated heterocycles. The third kappa shape index (κ3) is 2.32. The molecule has 2 N–H and O–H groups in total. The lowest BCUT2D eigenvalue weighted by Crippen LogP contribution is -2.28. The van der Waals surface area contributed by atoms with Gasteiger partial charge in [-0.1, -0.05) is 6.92 Å². The van der Waals surface area contributed by atoms with Crippen molar-refractivity contribution in [3.63, 3.8) is 0 Å². The van der Waals surface area contributed by atoms with Gasteiger partial charge in [0.05, 0.1) is 0 Å². The minimum Gasteiger partial charge on any atom is -0.480 e. The molecule has 6 heteroatoms. The number of carboxylic acid groups (broad SMARTS) is 1. The molecule has 5 nitrogen and oxygen atoms in total. The highest BCUT2D eigenvalue weighted by molar-refractivity contribution is 7.87.